The molecule has 0 radical (unpaired) electrons. The van der Waals surface area contributed by atoms with Gasteiger partial charge in [0.15, 0.2) is 0 Å². The standard InChI is InChI=1S/C17H27NO3/c1-12(2)14-8-7-9-15(10-14)21-13(3)11-17(4,18-5)16(19)20-6/h7-10,12-13,18H,11H2,1-6H3. The van der Waals surface area contributed by atoms with Crippen LogP contribution in [0.4, 0.5) is 0 Å². The number of hydrogen-bond donors (Lipinski definition) is 1. The Morgan fingerprint density at radius 1 is 1.33 bits per heavy atom. The summed E-state index contributed by atoms with van der Waals surface area (Å²) in [5.74, 6) is 1.01. The Balaban J connectivity index is 2.75. The van der Waals surface area contributed by atoms with E-state index in [1.807, 2.05) is 26.0 Å². The van der Waals surface area contributed by atoms with Crippen LogP contribution in [0.25, 0.3) is 0 Å². The van der Waals surface area contributed by atoms with Crippen LogP contribution in [0.3, 0.4) is 0 Å². The summed E-state index contributed by atoms with van der Waals surface area (Å²) in [4.78, 5) is 11.9. The van der Waals surface area contributed by atoms with Gasteiger partial charge in [0, 0.05) is 6.42 Å². The monoisotopic (exact) mass is 293 g/mol. The highest BCUT2D eigenvalue weighted by atomic mass is 16.5. The maximum absolute atomic E-state index is 11.9. The topological polar surface area (TPSA) is 47.6 Å². The molecule has 1 aromatic carbocycles. The molecule has 0 saturated carbocycles. The third kappa shape index (κ3) is 4.74. The van der Waals surface area contributed by atoms with Crippen molar-refractivity contribution in [3.05, 3.63) is 29.8 Å². The van der Waals surface area contributed by atoms with Crippen molar-refractivity contribution in [1.82, 2.24) is 5.32 Å². The SMILES string of the molecule is CNC(C)(CC(C)Oc1cccc(C(C)C)c1)C(=O)OC. The van der Waals surface area contributed by atoms with Crippen LogP contribution in [0.5, 0.6) is 5.75 Å². The quantitative estimate of drug-likeness (QED) is 0.785. The number of ether oxygens (including phenoxy) is 2. The largest absolute Gasteiger partial charge is 0.491 e. The van der Waals surface area contributed by atoms with Crippen LogP contribution in [0, 0.1) is 0 Å². The van der Waals surface area contributed by atoms with Crippen LogP contribution < -0.4 is 10.1 Å². The predicted octanol–water partition coefficient (Wildman–Crippen LogP) is 3.12. The second-order valence-corrected chi connectivity index (χ2v) is 5.93. The fourth-order valence-electron chi connectivity index (χ4n) is 2.31. The molecule has 0 aliphatic rings. The van der Waals surface area contributed by atoms with E-state index in [9.17, 15) is 4.79 Å². The summed E-state index contributed by atoms with van der Waals surface area (Å²) in [6.07, 6.45) is 0.422. The van der Waals surface area contributed by atoms with E-state index in [-0.39, 0.29) is 12.1 Å². The molecule has 0 spiro atoms. The highest BCUT2D eigenvalue weighted by Crippen LogP contribution is 2.23. The van der Waals surface area contributed by atoms with Gasteiger partial charge in [-0.05, 0) is 44.5 Å². The number of nitrogens with one attached hydrogen (secondary N) is 1. The van der Waals surface area contributed by atoms with E-state index in [0.29, 0.717) is 12.3 Å². The van der Waals surface area contributed by atoms with Crippen LogP contribution in [0.2, 0.25) is 0 Å². The molecule has 118 valence electrons. The Labute approximate surface area is 127 Å². The van der Waals surface area contributed by atoms with Crippen LogP contribution >= 0.6 is 0 Å². The predicted molar refractivity (Wildman–Crippen MR) is 84.7 cm³/mol. The van der Waals surface area contributed by atoms with Gasteiger partial charge in [-0.3, -0.25) is 4.79 Å². The van der Waals surface area contributed by atoms with E-state index in [1.54, 1.807) is 7.05 Å². The molecule has 4 nitrogen and oxygen atoms in total. The van der Waals surface area contributed by atoms with Gasteiger partial charge in [-0.1, -0.05) is 26.0 Å². The van der Waals surface area contributed by atoms with Gasteiger partial charge in [-0.25, -0.2) is 0 Å². The van der Waals surface area contributed by atoms with Crippen molar-refractivity contribution in [2.75, 3.05) is 14.2 Å². The number of carbonyl (C=O) groups excluding carboxylic acids is 1. The third-order valence-electron chi connectivity index (χ3n) is 3.75. The lowest BCUT2D eigenvalue weighted by molar-refractivity contribution is -0.148. The smallest absolute Gasteiger partial charge is 0.325 e. The molecule has 2 unspecified atom stereocenters. The van der Waals surface area contributed by atoms with E-state index in [4.69, 9.17) is 9.47 Å². The molecule has 21 heavy (non-hydrogen) atoms. The van der Waals surface area contributed by atoms with Crippen molar-refractivity contribution in [3.63, 3.8) is 0 Å². The van der Waals surface area contributed by atoms with Crippen LogP contribution in [0.1, 0.15) is 45.6 Å². The van der Waals surface area contributed by atoms with E-state index in [0.717, 1.165) is 5.75 Å². The van der Waals surface area contributed by atoms with Gasteiger partial charge >= 0.3 is 5.97 Å². The maximum Gasteiger partial charge on any atom is 0.325 e. The lowest BCUT2D eigenvalue weighted by Crippen LogP contribution is -2.50. The molecule has 1 rings (SSSR count). The highest BCUT2D eigenvalue weighted by molar-refractivity contribution is 5.80. The van der Waals surface area contributed by atoms with Crippen LogP contribution in [-0.2, 0) is 9.53 Å². The zero-order valence-corrected chi connectivity index (χ0v) is 13.9. The van der Waals surface area contributed by atoms with Crippen LogP contribution in [-0.4, -0.2) is 31.8 Å². The van der Waals surface area contributed by atoms with Gasteiger partial charge in [0.05, 0.1) is 13.2 Å². The second-order valence-electron chi connectivity index (χ2n) is 5.93. The van der Waals surface area contributed by atoms with Gasteiger partial charge in [-0.2, -0.15) is 0 Å². The first-order chi connectivity index (χ1) is 9.82. The number of methoxy groups -OCH3 is 1. The zero-order chi connectivity index (χ0) is 16.0. The number of hydrogen-bond acceptors (Lipinski definition) is 4. The molecule has 0 bridgehead atoms. The van der Waals surface area contributed by atoms with Crippen molar-refractivity contribution >= 4 is 5.97 Å². The molecule has 0 fully saturated rings. The maximum atomic E-state index is 11.9. The average Bonchev–Trinajstić information content (AvgIpc) is 2.46. The minimum Gasteiger partial charge on any atom is -0.491 e. The second kappa shape index (κ2) is 7.46. The van der Waals surface area contributed by atoms with Gasteiger partial charge < -0.3 is 14.8 Å². The molecular weight excluding hydrogens is 266 g/mol. The number of carbonyl (C=O) groups is 1. The number of esters is 1. The van der Waals surface area contributed by atoms with Gasteiger partial charge in [0.25, 0.3) is 0 Å². The molecule has 0 heterocycles. The van der Waals surface area contributed by atoms with Crippen molar-refractivity contribution < 1.29 is 14.3 Å². The molecule has 0 amide bonds. The first kappa shape index (κ1) is 17.5. The highest BCUT2D eigenvalue weighted by Gasteiger charge is 2.34. The molecule has 0 saturated heterocycles. The number of rotatable bonds is 7. The number of likely N-dealkylation sites (N-methyl/N-ethyl adjacent to an activating group) is 1. The zero-order valence-electron chi connectivity index (χ0n) is 13.9. The molecule has 1 aromatic rings. The van der Waals surface area contributed by atoms with E-state index in [1.165, 1.54) is 12.7 Å². The Morgan fingerprint density at radius 3 is 2.52 bits per heavy atom. The van der Waals surface area contributed by atoms with E-state index >= 15 is 0 Å². The Bertz CT molecular complexity index is 473. The minimum atomic E-state index is -0.746. The van der Waals surface area contributed by atoms with Gasteiger partial charge in [0.1, 0.15) is 11.3 Å². The molecule has 0 aliphatic heterocycles. The first-order valence-electron chi connectivity index (χ1n) is 7.36. The summed E-state index contributed by atoms with van der Waals surface area (Å²) in [6.45, 7) is 8.08. The van der Waals surface area contributed by atoms with Gasteiger partial charge in [-0.15, -0.1) is 0 Å². The van der Waals surface area contributed by atoms with Crippen molar-refractivity contribution in [1.29, 1.82) is 0 Å². The molecule has 0 aliphatic carbocycles. The van der Waals surface area contributed by atoms with Gasteiger partial charge in [0.2, 0.25) is 0 Å². The summed E-state index contributed by atoms with van der Waals surface area (Å²) in [7, 11) is 3.15. The summed E-state index contributed by atoms with van der Waals surface area (Å²) >= 11 is 0. The summed E-state index contributed by atoms with van der Waals surface area (Å²) in [5.41, 5.74) is 0.494. The summed E-state index contributed by atoms with van der Waals surface area (Å²) < 4.78 is 10.8. The van der Waals surface area contributed by atoms with E-state index in [2.05, 4.69) is 31.3 Å². The summed E-state index contributed by atoms with van der Waals surface area (Å²) in [5, 5.41) is 3.02. The third-order valence-corrected chi connectivity index (χ3v) is 3.75. The lowest BCUT2D eigenvalue weighted by atomic mass is 9.95. The lowest BCUT2D eigenvalue weighted by Gasteiger charge is -2.29. The fraction of sp³-hybridized carbons (Fsp3) is 0.588. The van der Waals surface area contributed by atoms with Crippen LogP contribution in [0.15, 0.2) is 24.3 Å². The van der Waals surface area contributed by atoms with Crippen molar-refractivity contribution in [2.24, 2.45) is 0 Å². The fourth-order valence-corrected chi connectivity index (χ4v) is 2.31. The Morgan fingerprint density at radius 2 is 2.00 bits per heavy atom. The molecule has 4 heteroatoms. The molecule has 2 atom stereocenters. The van der Waals surface area contributed by atoms with Crippen molar-refractivity contribution in [2.45, 2.75) is 51.7 Å². The molecule has 1 N–H and O–H groups in total. The number of benzene rings is 1. The molecule has 0 aromatic heterocycles. The van der Waals surface area contributed by atoms with E-state index < -0.39 is 5.54 Å². The first-order valence-corrected chi connectivity index (χ1v) is 7.36. The summed E-state index contributed by atoms with van der Waals surface area (Å²) in [6, 6.07) is 8.08. The normalized spacial score (nSPS) is 15.4. The minimum absolute atomic E-state index is 0.107. The Kier molecular flexibility index (Phi) is 6.21. The Hall–Kier alpha value is -1.55. The molecular formula is C17H27NO3. The van der Waals surface area contributed by atoms with Crippen molar-refractivity contribution in [3.8, 4) is 5.75 Å². The average molecular weight is 293 g/mol.